The molecule has 25 heavy (non-hydrogen) atoms. The third-order valence-electron chi connectivity index (χ3n) is 4.76. The second-order valence-corrected chi connectivity index (χ2v) is 6.60. The van der Waals surface area contributed by atoms with Gasteiger partial charge in [-0.1, -0.05) is 32.3 Å². The largest absolute Gasteiger partial charge is 0.365 e. The third kappa shape index (κ3) is 4.51. The van der Waals surface area contributed by atoms with Gasteiger partial charge >= 0.3 is 0 Å². The van der Waals surface area contributed by atoms with E-state index in [0.29, 0.717) is 17.3 Å². The zero-order valence-corrected chi connectivity index (χ0v) is 15.6. The summed E-state index contributed by atoms with van der Waals surface area (Å²) in [6.07, 6.45) is 6.54. The molecule has 0 saturated heterocycles. The van der Waals surface area contributed by atoms with Crippen LogP contribution in [0.2, 0.25) is 0 Å². The van der Waals surface area contributed by atoms with Gasteiger partial charge in [0.15, 0.2) is 11.6 Å². The van der Waals surface area contributed by atoms with Gasteiger partial charge in [0.05, 0.1) is 5.56 Å². The van der Waals surface area contributed by atoms with Crippen LogP contribution < -0.4 is 10.6 Å². The fourth-order valence-electron chi connectivity index (χ4n) is 2.46. The summed E-state index contributed by atoms with van der Waals surface area (Å²) in [7, 11) is 0. The topological polar surface area (TPSA) is 37.0 Å². The molecule has 2 aromatic rings. The molecule has 0 aliphatic rings. The fourth-order valence-corrected chi connectivity index (χ4v) is 2.46. The highest BCUT2D eigenvalue weighted by atomic mass is 19.1. The van der Waals surface area contributed by atoms with Crippen molar-refractivity contribution in [2.45, 2.75) is 47.1 Å². The van der Waals surface area contributed by atoms with Gasteiger partial charge in [-0.25, -0.2) is 9.37 Å². The molecular weight excluding hydrogens is 313 g/mol. The summed E-state index contributed by atoms with van der Waals surface area (Å²) in [5, 5.41) is 6.38. The number of halogens is 1. The first kappa shape index (κ1) is 18.8. The van der Waals surface area contributed by atoms with E-state index in [2.05, 4.69) is 42.3 Å². The highest BCUT2D eigenvalue weighted by Crippen LogP contribution is 2.25. The number of hydrogen-bond acceptors (Lipinski definition) is 3. The maximum Gasteiger partial charge on any atom is 0.166 e. The fraction of sp³-hybridized carbons (Fsp3) is 0.381. The number of rotatable bonds is 6. The Morgan fingerprint density at radius 3 is 2.48 bits per heavy atom. The van der Waals surface area contributed by atoms with Crippen LogP contribution in [0.4, 0.5) is 21.7 Å². The van der Waals surface area contributed by atoms with E-state index < -0.39 is 5.82 Å². The van der Waals surface area contributed by atoms with Crippen LogP contribution in [0.25, 0.3) is 0 Å². The number of nitrogens with zero attached hydrogens (tertiary/aromatic N) is 1. The zero-order valence-electron chi connectivity index (χ0n) is 15.6. The molecule has 1 aromatic carbocycles. The predicted molar refractivity (Wildman–Crippen MR) is 104 cm³/mol. The predicted octanol–water partition coefficient (Wildman–Crippen LogP) is 5.41. The van der Waals surface area contributed by atoms with Gasteiger partial charge in [-0.15, -0.1) is 6.42 Å². The Balaban J connectivity index is 2.34. The molecule has 0 saturated carbocycles. The van der Waals surface area contributed by atoms with E-state index in [1.165, 1.54) is 11.6 Å². The van der Waals surface area contributed by atoms with Gasteiger partial charge in [0.1, 0.15) is 5.82 Å². The van der Waals surface area contributed by atoms with Gasteiger partial charge in [0.2, 0.25) is 0 Å². The summed E-state index contributed by atoms with van der Waals surface area (Å²) in [4.78, 5) is 4.41. The van der Waals surface area contributed by atoms with Gasteiger partial charge in [-0.05, 0) is 56.0 Å². The molecule has 1 heterocycles. The average molecular weight is 339 g/mol. The van der Waals surface area contributed by atoms with E-state index in [0.717, 1.165) is 17.7 Å². The molecule has 1 unspecified atom stereocenters. The summed E-state index contributed by atoms with van der Waals surface area (Å²) in [5.74, 6) is 3.17. The molecule has 3 nitrogen and oxygen atoms in total. The monoisotopic (exact) mass is 339 g/mol. The zero-order chi connectivity index (χ0) is 18.6. The Morgan fingerprint density at radius 1 is 1.16 bits per heavy atom. The van der Waals surface area contributed by atoms with Crippen LogP contribution in [0.15, 0.2) is 24.3 Å². The molecule has 0 spiro atoms. The molecule has 2 atom stereocenters. The quantitative estimate of drug-likeness (QED) is 0.691. The van der Waals surface area contributed by atoms with Crippen molar-refractivity contribution in [3.63, 3.8) is 0 Å². The summed E-state index contributed by atoms with van der Waals surface area (Å²) in [6.45, 7) is 10.4. The highest BCUT2D eigenvalue weighted by Gasteiger charge is 2.16. The SMILES string of the molecule is C#Cc1cc(F)c(NC(C)[C@@H](C)CC)nc1Nc1ccc(C)c(C)c1. The highest BCUT2D eigenvalue weighted by molar-refractivity contribution is 5.66. The number of nitrogens with one attached hydrogen (secondary N) is 2. The van der Waals surface area contributed by atoms with E-state index in [1.54, 1.807) is 0 Å². The molecule has 0 aliphatic heterocycles. The minimum Gasteiger partial charge on any atom is -0.365 e. The summed E-state index contributed by atoms with van der Waals surface area (Å²) >= 11 is 0. The van der Waals surface area contributed by atoms with Crippen LogP contribution >= 0.6 is 0 Å². The molecule has 2 rings (SSSR count). The normalized spacial score (nSPS) is 13.0. The van der Waals surface area contributed by atoms with Gasteiger partial charge in [-0.3, -0.25) is 0 Å². The van der Waals surface area contributed by atoms with Crippen molar-refractivity contribution < 1.29 is 4.39 Å². The van der Waals surface area contributed by atoms with Crippen LogP contribution in [0.1, 0.15) is 43.9 Å². The molecule has 0 fully saturated rings. The van der Waals surface area contributed by atoms with E-state index in [-0.39, 0.29) is 11.9 Å². The molecule has 0 aliphatic carbocycles. The second-order valence-electron chi connectivity index (χ2n) is 6.60. The van der Waals surface area contributed by atoms with Crippen LogP contribution in [0.5, 0.6) is 0 Å². The van der Waals surface area contributed by atoms with Crippen LogP contribution in [-0.2, 0) is 0 Å². The third-order valence-corrected chi connectivity index (χ3v) is 4.76. The van der Waals surface area contributed by atoms with Crippen molar-refractivity contribution in [2.24, 2.45) is 5.92 Å². The summed E-state index contributed by atoms with van der Waals surface area (Å²) in [6, 6.07) is 7.47. The van der Waals surface area contributed by atoms with E-state index >= 15 is 0 Å². The van der Waals surface area contributed by atoms with Crippen molar-refractivity contribution in [1.29, 1.82) is 0 Å². The minimum absolute atomic E-state index is 0.109. The Kier molecular flexibility index (Phi) is 6.03. The Hall–Kier alpha value is -2.54. The van der Waals surface area contributed by atoms with Gasteiger partial charge in [-0.2, -0.15) is 0 Å². The Labute approximate surface area is 150 Å². The number of benzene rings is 1. The first-order valence-corrected chi connectivity index (χ1v) is 8.63. The Bertz CT molecular complexity index is 792. The van der Waals surface area contributed by atoms with Crippen LogP contribution in [0, 0.1) is 37.9 Å². The van der Waals surface area contributed by atoms with Crippen molar-refractivity contribution in [1.82, 2.24) is 4.98 Å². The number of terminal acetylenes is 1. The molecule has 2 N–H and O–H groups in total. The average Bonchev–Trinajstić information content (AvgIpc) is 2.59. The number of pyridine rings is 1. The van der Waals surface area contributed by atoms with Gasteiger partial charge in [0, 0.05) is 11.7 Å². The number of aromatic nitrogens is 1. The van der Waals surface area contributed by atoms with E-state index in [9.17, 15) is 4.39 Å². The van der Waals surface area contributed by atoms with Crippen molar-refractivity contribution >= 4 is 17.3 Å². The van der Waals surface area contributed by atoms with Gasteiger partial charge in [0.25, 0.3) is 0 Å². The second kappa shape index (κ2) is 8.02. The van der Waals surface area contributed by atoms with Crippen molar-refractivity contribution in [2.75, 3.05) is 10.6 Å². The number of hydrogen-bond donors (Lipinski definition) is 2. The Morgan fingerprint density at radius 2 is 1.88 bits per heavy atom. The first-order chi connectivity index (χ1) is 11.8. The van der Waals surface area contributed by atoms with E-state index in [1.807, 2.05) is 32.0 Å². The summed E-state index contributed by atoms with van der Waals surface area (Å²) in [5.41, 5.74) is 3.65. The smallest absolute Gasteiger partial charge is 0.166 e. The molecular formula is C21H26FN3. The minimum atomic E-state index is -0.436. The molecule has 0 amide bonds. The lowest BCUT2D eigenvalue weighted by atomic mass is 10.0. The number of aryl methyl sites for hydroxylation is 2. The van der Waals surface area contributed by atoms with E-state index in [4.69, 9.17) is 6.42 Å². The van der Waals surface area contributed by atoms with Crippen LogP contribution in [-0.4, -0.2) is 11.0 Å². The van der Waals surface area contributed by atoms with Crippen molar-refractivity contribution in [3.8, 4) is 12.3 Å². The standard InChI is InChI=1S/C21H26FN3/c1-7-13(3)16(6)23-21-19(22)12-17(8-2)20(25-21)24-18-10-9-14(4)15(5)11-18/h2,9-13,16H,7H2,1,3-6H3,(H2,23,24,25)/t13-,16?/m0/s1. The molecule has 0 bridgehead atoms. The molecule has 1 aromatic heterocycles. The first-order valence-electron chi connectivity index (χ1n) is 8.63. The molecule has 132 valence electrons. The van der Waals surface area contributed by atoms with Crippen molar-refractivity contribution in [3.05, 3.63) is 46.8 Å². The maximum absolute atomic E-state index is 14.4. The lowest BCUT2D eigenvalue weighted by molar-refractivity contribution is 0.490. The summed E-state index contributed by atoms with van der Waals surface area (Å²) < 4.78 is 14.4. The lowest BCUT2D eigenvalue weighted by Gasteiger charge is -2.21. The maximum atomic E-state index is 14.4. The molecule has 4 heteroatoms. The van der Waals surface area contributed by atoms with Gasteiger partial charge < -0.3 is 10.6 Å². The molecule has 0 radical (unpaired) electrons. The number of anilines is 3. The van der Waals surface area contributed by atoms with Crippen LogP contribution in [0.3, 0.4) is 0 Å². The lowest BCUT2D eigenvalue weighted by Crippen LogP contribution is -2.24.